The molecule has 0 radical (unpaired) electrons. The molecule has 1 aromatic carbocycles. The maximum absolute atomic E-state index is 12.9. The fourth-order valence-electron chi connectivity index (χ4n) is 7.62. The van der Waals surface area contributed by atoms with Crippen molar-refractivity contribution in [2.75, 3.05) is 0 Å². The molecule has 3 saturated carbocycles. The van der Waals surface area contributed by atoms with Crippen LogP contribution in [0, 0.1) is 28.6 Å². The van der Waals surface area contributed by atoms with E-state index in [4.69, 9.17) is 0 Å². The fraction of sp³-hybridized carbons (Fsp3) is 0.630. The Labute approximate surface area is 188 Å². The van der Waals surface area contributed by atoms with E-state index >= 15 is 0 Å². The van der Waals surface area contributed by atoms with Crippen LogP contribution >= 0.6 is 0 Å². The molecule has 2 nitrogen and oxygen atoms in total. The van der Waals surface area contributed by atoms with E-state index < -0.39 is 17.8 Å². The van der Waals surface area contributed by atoms with Gasteiger partial charge in [-0.05, 0) is 91.4 Å². The van der Waals surface area contributed by atoms with E-state index in [-0.39, 0.29) is 16.9 Å². The molecule has 2 N–H and O–H groups in total. The molecule has 0 saturated heterocycles. The Balaban J connectivity index is 1.42. The zero-order chi connectivity index (χ0) is 22.9. The third kappa shape index (κ3) is 3.38. The molecule has 7 unspecified atom stereocenters. The SMILES string of the molecule is CC12CCC(O)CC1=CCC1C2CCC2(C)C(O)C(=Cc3ccc(C(F)(F)F)cc3)CC12. The Bertz CT molecular complexity index is 947. The van der Waals surface area contributed by atoms with Gasteiger partial charge >= 0.3 is 6.18 Å². The number of alkyl halides is 3. The number of halogens is 3. The first-order chi connectivity index (χ1) is 15.0. The molecule has 5 rings (SSSR count). The number of allylic oxidation sites excluding steroid dienone is 1. The molecule has 174 valence electrons. The Morgan fingerprint density at radius 1 is 0.969 bits per heavy atom. The van der Waals surface area contributed by atoms with E-state index in [9.17, 15) is 23.4 Å². The van der Waals surface area contributed by atoms with Crippen LogP contribution in [0.5, 0.6) is 0 Å². The lowest BCUT2D eigenvalue weighted by molar-refractivity contribution is -0.137. The van der Waals surface area contributed by atoms with E-state index in [0.717, 1.165) is 62.7 Å². The monoisotopic (exact) mass is 446 g/mol. The summed E-state index contributed by atoms with van der Waals surface area (Å²) in [6.07, 6.45) is 5.73. The topological polar surface area (TPSA) is 40.5 Å². The maximum Gasteiger partial charge on any atom is 0.416 e. The minimum Gasteiger partial charge on any atom is -0.393 e. The number of aliphatic hydroxyl groups is 2. The van der Waals surface area contributed by atoms with Crippen molar-refractivity contribution in [1.29, 1.82) is 0 Å². The fourth-order valence-corrected chi connectivity index (χ4v) is 7.62. The maximum atomic E-state index is 12.9. The summed E-state index contributed by atoms with van der Waals surface area (Å²) >= 11 is 0. The quantitative estimate of drug-likeness (QED) is 0.491. The van der Waals surface area contributed by atoms with Crippen molar-refractivity contribution in [3.8, 4) is 0 Å². The van der Waals surface area contributed by atoms with E-state index in [1.807, 2.05) is 6.08 Å². The molecule has 4 aliphatic rings. The van der Waals surface area contributed by atoms with Gasteiger partial charge in [0.2, 0.25) is 0 Å². The summed E-state index contributed by atoms with van der Waals surface area (Å²) in [4.78, 5) is 0. The molecule has 32 heavy (non-hydrogen) atoms. The van der Waals surface area contributed by atoms with Crippen molar-refractivity contribution >= 4 is 6.08 Å². The summed E-state index contributed by atoms with van der Waals surface area (Å²) in [6.45, 7) is 4.59. The second-order valence-electron chi connectivity index (χ2n) is 11.1. The predicted molar refractivity (Wildman–Crippen MR) is 119 cm³/mol. The molecule has 0 aromatic heterocycles. The van der Waals surface area contributed by atoms with Gasteiger partial charge in [-0.1, -0.05) is 43.7 Å². The van der Waals surface area contributed by atoms with Gasteiger partial charge in [-0.3, -0.25) is 0 Å². The van der Waals surface area contributed by atoms with Gasteiger partial charge in [-0.15, -0.1) is 0 Å². The van der Waals surface area contributed by atoms with Gasteiger partial charge in [0.15, 0.2) is 0 Å². The molecule has 0 amide bonds. The van der Waals surface area contributed by atoms with Gasteiger partial charge in [0.1, 0.15) is 0 Å². The second-order valence-corrected chi connectivity index (χ2v) is 11.1. The number of aliphatic hydroxyl groups excluding tert-OH is 2. The summed E-state index contributed by atoms with van der Waals surface area (Å²) in [5.74, 6) is 1.45. The third-order valence-electron chi connectivity index (χ3n) is 9.54. The van der Waals surface area contributed by atoms with E-state index in [2.05, 4.69) is 19.9 Å². The second kappa shape index (κ2) is 7.46. The van der Waals surface area contributed by atoms with Crippen LogP contribution in [0.1, 0.15) is 69.9 Å². The lowest BCUT2D eigenvalue weighted by Crippen LogP contribution is -2.51. The third-order valence-corrected chi connectivity index (χ3v) is 9.54. The first-order valence-corrected chi connectivity index (χ1v) is 12.0. The van der Waals surface area contributed by atoms with Crippen molar-refractivity contribution < 1.29 is 23.4 Å². The van der Waals surface area contributed by atoms with Gasteiger partial charge in [-0.25, -0.2) is 0 Å². The summed E-state index contributed by atoms with van der Waals surface area (Å²) in [7, 11) is 0. The molecular weight excluding hydrogens is 413 g/mol. The van der Waals surface area contributed by atoms with E-state index in [1.165, 1.54) is 17.7 Å². The molecule has 4 aliphatic carbocycles. The summed E-state index contributed by atoms with van der Waals surface area (Å²) < 4.78 is 38.7. The van der Waals surface area contributed by atoms with Gasteiger partial charge in [-0.2, -0.15) is 13.2 Å². The number of hydrogen-bond acceptors (Lipinski definition) is 2. The number of benzene rings is 1. The van der Waals surface area contributed by atoms with E-state index in [1.54, 1.807) is 0 Å². The smallest absolute Gasteiger partial charge is 0.393 e. The molecular formula is C27H33F3O2. The summed E-state index contributed by atoms with van der Waals surface area (Å²) in [5.41, 5.74) is 2.41. The molecule has 5 heteroatoms. The molecule has 1 aromatic rings. The Kier molecular flexibility index (Phi) is 5.18. The lowest BCUT2D eigenvalue weighted by Gasteiger charge is -2.57. The van der Waals surface area contributed by atoms with Crippen LogP contribution in [0.3, 0.4) is 0 Å². The molecule has 0 bridgehead atoms. The van der Waals surface area contributed by atoms with Crippen LogP contribution in [0.15, 0.2) is 41.5 Å². The van der Waals surface area contributed by atoms with Gasteiger partial charge in [0.25, 0.3) is 0 Å². The van der Waals surface area contributed by atoms with Gasteiger partial charge in [0, 0.05) is 5.41 Å². The van der Waals surface area contributed by atoms with Crippen molar-refractivity contribution in [2.45, 2.75) is 77.2 Å². The van der Waals surface area contributed by atoms with Crippen molar-refractivity contribution in [2.24, 2.45) is 28.6 Å². The highest BCUT2D eigenvalue weighted by atomic mass is 19.4. The average molecular weight is 447 g/mol. The number of rotatable bonds is 1. The largest absolute Gasteiger partial charge is 0.416 e. The number of fused-ring (bicyclic) bond motifs is 5. The Morgan fingerprint density at radius 2 is 1.69 bits per heavy atom. The number of hydrogen-bond donors (Lipinski definition) is 2. The molecule has 0 spiro atoms. The molecule has 7 atom stereocenters. The Morgan fingerprint density at radius 3 is 2.38 bits per heavy atom. The Hall–Kier alpha value is -1.59. The summed E-state index contributed by atoms with van der Waals surface area (Å²) in [6, 6.07) is 5.23. The zero-order valence-corrected chi connectivity index (χ0v) is 18.8. The minimum absolute atomic E-state index is 0.147. The van der Waals surface area contributed by atoms with Crippen LogP contribution in [-0.2, 0) is 6.18 Å². The highest BCUT2D eigenvalue weighted by Gasteiger charge is 2.59. The average Bonchev–Trinajstić information content (AvgIpc) is 2.99. The van der Waals surface area contributed by atoms with Crippen LogP contribution in [-0.4, -0.2) is 22.4 Å². The molecule has 0 aliphatic heterocycles. The zero-order valence-electron chi connectivity index (χ0n) is 18.8. The van der Waals surface area contributed by atoms with Gasteiger partial charge < -0.3 is 10.2 Å². The first kappa shape index (κ1) is 22.2. The minimum atomic E-state index is -4.34. The lowest BCUT2D eigenvalue weighted by atomic mass is 9.48. The van der Waals surface area contributed by atoms with Crippen molar-refractivity contribution in [3.63, 3.8) is 0 Å². The van der Waals surface area contributed by atoms with Crippen LogP contribution < -0.4 is 0 Å². The highest BCUT2D eigenvalue weighted by molar-refractivity contribution is 5.56. The molecule has 0 heterocycles. The van der Waals surface area contributed by atoms with Crippen LogP contribution in [0.25, 0.3) is 6.08 Å². The van der Waals surface area contributed by atoms with Crippen LogP contribution in [0.4, 0.5) is 13.2 Å². The summed E-state index contributed by atoms with van der Waals surface area (Å²) in [5, 5.41) is 21.5. The van der Waals surface area contributed by atoms with Crippen molar-refractivity contribution in [3.05, 3.63) is 52.6 Å². The highest BCUT2D eigenvalue weighted by Crippen LogP contribution is 2.65. The van der Waals surface area contributed by atoms with E-state index in [0.29, 0.717) is 23.3 Å². The standard InChI is InChI=1S/C27H33F3O2/c1-25-11-9-20(31)15-19(25)7-8-21-22(25)10-12-26(2)23(21)14-17(24(26)32)13-16-3-5-18(6-4-16)27(28,29)30/h3-7,13,20-24,31-32H,8-12,14-15H2,1-2H3. The molecule has 3 fully saturated rings. The van der Waals surface area contributed by atoms with Crippen LogP contribution in [0.2, 0.25) is 0 Å². The first-order valence-electron chi connectivity index (χ1n) is 12.0. The predicted octanol–water partition coefficient (Wildman–Crippen LogP) is 6.38. The normalized spacial score (nSPS) is 42.8. The van der Waals surface area contributed by atoms with Gasteiger partial charge in [0.05, 0.1) is 17.8 Å². The van der Waals surface area contributed by atoms with Crippen molar-refractivity contribution in [1.82, 2.24) is 0 Å².